The highest BCUT2D eigenvalue weighted by Crippen LogP contribution is 2.30. The average Bonchev–Trinajstić information content (AvgIpc) is 2.73. The molecule has 0 aromatic carbocycles. The van der Waals surface area contributed by atoms with Crippen LogP contribution in [-0.4, -0.2) is 31.3 Å². The molecule has 0 aliphatic rings. The zero-order valence-electron chi connectivity index (χ0n) is 7.29. The molecule has 8 heteroatoms. The number of aliphatic carboxylic acids is 1. The molecular weight excluding hydrogens is 284 g/mol. The number of hydrogen-bond acceptors (Lipinski definition) is 5. The third-order valence-electron chi connectivity index (χ3n) is 1.68. The minimum atomic E-state index is -0.977. The Balaban J connectivity index is 2.41. The minimum absolute atomic E-state index is 0.245. The van der Waals surface area contributed by atoms with E-state index in [1.165, 1.54) is 16.0 Å². The van der Waals surface area contributed by atoms with Crippen LogP contribution in [0.5, 0.6) is 0 Å². The maximum Gasteiger partial charge on any atom is 0.325 e. The number of carbonyl (C=O) groups is 1. The van der Waals surface area contributed by atoms with Crippen molar-refractivity contribution in [1.29, 1.82) is 0 Å². The molecule has 0 atom stereocenters. The van der Waals surface area contributed by atoms with Crippen molar-refractivity contribution >= 4 is 33.2 Å². The van der Waals surface area contributed by atoms with Gasteiger partial charge in [0.05, 0.1) is 3.79 Å². The first kappa shape index (κ1) is 10.2. The molecule has 0 fully saturated rings. The van der Waals surface area contributed by atoms with E-state index < -0.39 is 5.97 Å². The first-order valence-electron chi connectivity index (χ1n) is 3.90. The van der Waals surface area contributed by atoms with Crippen LogP contribution >= 0.6 is 27.3 Å². The predicted octanol–water partition coefficient (Wildman–Crippen LogP) is 1.25. The zero-order chi connectivity index (χ0) is 10.8. The number of nitrogens with zero attached hydrogens (tertiary/aromatic N) is 4. The second-order valence-electron chi connectivity index (χ2n) is 2.66. The first-order valence-corrected chi connectivity index (χ1v) is 5.57. The van der Waals surface area contributed by atoms with Crippen molar-refractivity contribution < 1.29 is 9.90 Å². The molecule has 0 spiro atoms. The zero-order valence-corrected chi connectivity index (χ0v) is 9.69. The smallest absolute Gasteiger partial charge is 0.325 e. The van der Waals surface area contributed by atoms with E-state index >= 15 is 0 Å². The molecule has 0 unspecified atom stereocenters. The summed E-state index contributed by atoms with van der Waals surface area (Å²) in [6.07, 6.45) is 0. The molecule has 78 valence electrons. The third kappa shape index (κ3) is 2.05. The summed E-state index contributed by atoms with van der Waals surface area (Å²) in [5.41, 5.74) is 0.797. The molecule has 2 aromatic heterocycles. The van der Waals surface area contributed by atoms with Gasteiger partial charge in [0.1, 0.15) is 6.54 Å². The fourth-order valence-corrected chi connectivity index (χ4v) is 2.33. The lowest BCUT2D eigenvalue weighted by molar-refractivity contribution is -0.137. The quantitative estimate of drug-likeness (QED) is 0.919. The van der Waals surface area contributed by atoms with Gasteiger partial charge in [0.15, 0.2) is 5.82 Å². The number of hydrogen-bond donors (Lipinski definition) is 1. The summed E-state index contributed by atoms with van der Waals surface area (Å²) >= 11 is 4.84. The largest absolute Gasteiger partial charge is 0.480 e. The van der Waals surface area contributed by atoms with Gasteiger partial charge in [0.2, 0.25) is 0 Å². The van der Waals surface area contributed by atoms with Crippen molar-refractivity contribution in [3.05, 3.63) is 15.2 Å². The van der Waals surface area contributed by atoms with E-state index in [1.54, 1.807) is 0 Å². The maximum atomic E-state index is 10.5. The SMILES string of the molecule is O=C(O)Cn1nnnc1-c1ccsc1Br. The molecule has 1 N–H and O–H groups in total. The van der Waals surface area contributed by atoms with Gasteiger partial charge in [-0.05, 0) is 37.8 Å². The molecule has 0 bridgehead atoms. The van der Waals surface area contributed by atoms with Gasteiger partial charge in [0, 0.05) is 5.56 Å². The van der Waals surface area contributed by atoms with Crippen molar-refractivity contribution in [2.45, 2.75) is 6.54 Å². The van der Waals surface area contributed by atoms with E-state index in [0.29, 0.717) is 5.82 Å². The summed E-state index contributed by atoms with van der Waals surface area (Å²) in [5, 5.41) is 21.4. The molecule has 2 rings (SSSR count). The van der Waals surface area contributed by atoms with Crippen LogP contribution in [-0.2, 0) is 11.3 Å². The van der Waals surface area contributed by atoms with E-state index in [-0.39, 0.29) is 6.54 Å². The standard InChI is InChI=1S/C7H5BrN4O2S/c8-6-4(1-2-15-6)7-9-10-11-12(7)3-5(13)14/h1-2H,3H2,(H,13,14). The monoisotopic (exact) mass is 288 g/mol. The number of thiophene rings is 1. The van der Waals surface area contributed by atoms with Gasteiger partial charge < -0.3 is 5.11 Å². The topological polar surface area (TPSA) is 80.9 Å². The Kier molecular flexibility index (Phi) is 2.78. The van der Waals surface area contributed by atoms with Crippen molar-refractivity contribution in [2.75, 3.05) is 0 Å². The highest BCUT2D eigenvalue weighted by atomic mass is 79.9. The molecule has 2 aromatic rings. The van der Waals surface area contributed by atoms with Crippen LogP contribution in [0.4, 0.5) is 0 Å². The van der Waals surface area contributed by atoms with E-state index in [2.05, 4.69) is 31.5 Å². The van der Waals surface area contributed by atoms with Gasteiger partial charge in [-0.25, -0.2) is 4.68 Å². The number of carboxylic acids is 1. The molecule has 6 nitrogen and oxygen atoms in total. The fraction of sp³-hybridized carbons (Fsp3) is 0.143. The molecule has 0 aliphatic heterocycles. The molecule has 0 aliphatic carbocycles. The van der Waals surface area contributed by atoms with Crippen LogP contribution in [0.25, 0.3) is 11.4 Å². The van der Waals surface area contributed by atoms with E-state index in [9.17, 15) is 4.79 Å². The summed E-state index contributed by atoms with van der Waals surface area (Å²) in [7, 11) is 0. The number of rotatable bonds is 3. The number of tetrazole rings is 1. The predicted molar refractivity (Wildman–Crippen MR) is 56.5 cm³/mol. The Labute approximate surface area is 96.7 Å². The maximum absolute atomic E-state index is 10.5. The Morgan fingerprint density at radius 2 is 2.47 bits per heavy atom. The average molecular weight is 289 g/mol. The van der Waals surface area contributed by atoms with Crippen molar-refractivity contribution in [1.82, 2.24) is 20.2 Å². The van der Waals surface area contributed by atoms with Crippen LogP contribution in [0.1, 0.15) is 0 Å². The van der Waals surface area contributed by atoms with E-state index in [0.717, 1.165) is 9.35 Å². The van der Waals surface area contributed by atoms with Gasteiger partial charge >= 0.3 is 5.97 Å². The summed E-state index contributed by atoms with van der Waals surface area (Å²) in [6.45, 7) is -0.245. The second kappa shape index (κ2) is 4.07. The molecule has 0 saturated carbocycles. The molecule has 15 heavy (non-hydrogen) atoms. The highest BCUT2D eigenvalue weighted by molar-refractivity contribution is 9.11. The van der Waals surface area contributed by atoms with Crippen LogP contribution in [0.15, 0.2) is 15.2 Å². The second-order valence-corrected chi connectivity index (χ2v) is 4.90. The molecule has 0 saturated heterocycles. The Morgan fingerprint density at radius 3 is 3.07 bits per heavy atom. The van der Waals surface area contributed by atoms with E-state index in [4.69, 9.17) is 5.11 Å². The van der Waals surface area contributed by atoms with Gasteiger partial charge in [-0.15, -0.1) is 16.4 Å². The Hall–Kier alpha value is -1.28. The summed E-state index contributed by atoms with van der Waals surface area (Å²) < 4.78 is 2.12. The lowest BCUT2D eigenvalue weighted by Gasteiger charge is -1.99. The van der Waals surface area contributed by atoms with Crippen molar-refractivity contribution in [2.24, 2.45) is 0 Å². The number of halogens is 1. The summed E-state index contributed by atoms with van der Waals surface area (Å²) in [6, 6.07) is 1.83. The highest BCUT2D eigenvalue weighted by Gasteiger charge is 2.14. The van der Waals surface area contributed by atoms with Crippen molar-refractivity contribution in [3.8, 4) is 11.4 Å². The minimum Gasteiger partial charge on any atom is -0.480 e. The normalized spacial score (nSPS) is 10.5. The molecule has 2 heterocycles. The fourth-order valence-electron chi connectivity index (χ4n) is 1.09. The Bertz CT molecular complexity index is 495. The lowest BCUT2D eigenvalue weighted by atomic mass is 10.3. The van der Waals surface area contributed by atoms with Gasteiger partial charge in [-0.1, -0.05) is 0 Å². The summed E-state index contributed by atoms with van der Waals surface area (Å²) in [5.74, 6) is -0.527. The first-order chi connectivity index (χ1) is 7.18. The van der Waals surface area contributed by atoms with Crippen LogP contribution in [0.3, 0.4) is 0 Å². The van der Waals surface area contributed by atoms with Gasteiger partial charge in [0.25, 0.3) is 0 Å². The van der Waals surface area contributed by atoms with E-state index in [1.807, 2.05) is 11.4 Å². The van der Waals surface area contributed by atoms with Crippen molar-refractivity contribution in [3.63, 3.8) is 0 Å². The molecule has 0 radical (unpaired) electrons. The van der Waals surface area contributed by atoms with Crippen LogP contribution in [0.2, 0.25) is 0 Å². The third-order valence-corrected chi connectivity index (χ3v) is 3.36. The Morgan fingerprint density at radius 1 is 1.67 bits per heavy atom. The lowest BCUT2D eigenvalue weighted by Crippen LogP contribution is -2.11. The number of carboxylic acid groups (broad SMARTS) is 1. The molecule has 0 amide bonds. The van der Waals surface area contributed by atoms with Crippen LogP contribution in [0, 0.1) is 0 Å². The number of aromatic nitrogens is 4. The van der Waals surface area contributed by atoms with Gasteiger partial charge in [-0.3, -0.25) is 4.79 Å². The van der Waals surface area contributed by atoms with Gasteiger partial charge in [-0.2, -0.15) is 0 Å². The molecular formula is C7H5BrN4O2S. The van der Waals surface area contributed by atoms with Crippen LogP contribution < -0.4 is 0 Å². The summed E-state index contributed by atoms with van der Waals surface area (Å²) in [4.78, 5) is 10.5.